The van der Waals surface area contributed by atoms with E-state index in [0.717, 1.165) is 12.1 Å². The predicted molar refractivity (Wildman–Crippen MR) is 56.0 cm³/mol. The van der Waals surface area contributed by atoms with Crippen LogP contribution in [0.5, 0.6) is 0 Å². The summed E-state index contributed by atoms with van der Waals surface area (Å²) in [5, 5.41) is 8.54. The third-order valence-electron chi connectivity index (χ3n) is 1.85. The highest BCUT2D eigenvalue weighted by molar-refractivity contribution is 5.90. The summed E-state index contributed by atoms with van der Waals surface area (Å²) in [7, 11) is 0. The number of halogens is 1. The van der Waals surface area contributed by atoms with Crippen molar-refractivity contribution in [3.05, 3.63) is 41.2 Å². The Kier molecular flexibility index (Phi) is 3.77. The van der Waals surface area contributed by atoms with Crippen LogP contribution >= 0.6 is 0 Å². The number of primary amides is 1. The molecule has 1 aromatic carbocycles. The highest BCUT2D eigenvalue weighted by Crippen LogP contribution is 2.12. The van der Waals surface area contributed by atoms with Gasteiger partial charge in [-0.3, -0.25) is 9.59 Å². The molecule has 16 heavy (non-hydrogen) atoms. The van der Waals surface area contributed by atoms with E-state index >= 15 is 0 Å². The Labute approximate surface area is 91.2 Å². The van der Waals surface area contributed by atoms with Gasteiger partial charge in [0, 0.05) is 6.08 Å². The minimum atomic E-state index is -1.12. The van der Waals surface area contributed by atoms with Crippen molar-refractivity contribution in [2.75, 3.05) is 0 Å². The molecule has 5 heteroatoms. The van der Waals surface area contributed by atoms with Crippen molar-refractivity contribution in [2.24, 2.45) is 5.73 Å². The van der Waals surface area contributed by atoms with E-state index in [1.807, 2.05) is 0 Å². The molecule has 0 atom stereocenters. The van der Waals surface area contributed by atoms with Crippen molar-refractivity contribution in [3.63, 3.8) is 0 Å². The number of carbonyl (C=O) groups excluding carboxylic acids is 1. The number of rotatable bonds is 4. The number of hydrogen-bond donors (Lipinski definition) is 2. The number of hydrogen-bond acceptors (Lipinski definition) is 2. The van der Waals surface area contributed by atoms with E-state index in [9.17, 15) is 14.0 Å². The summed E-state index contributed by atoms with van der Waals surface area (Å²) < 4.78 is 13.1. The second kappa shape index (κ2) is 5.06. The Morgan fingerprint density at radius 1 is 1.44 bits per heavy atom. The van der Waals surface area contributed by atoms with E-state index in [-0.39, 0.29) is 5.56 Å². The quantitative estimate of drug-likeness (QED) is 0.746. The Balaban J connectivity index is 2.97. The number of nitrogens with two attached hydrogens (primary N) is 1. The van der Waals surface area contributed by atoms with Crippen molar-refractivity contribution >= 4 is 18.0 Å². The van der Waals surface area contributed by atoms with Gasteiger partial charge in [-0.2, -0.15) is 0 Å². The monoisotopic (exact) mass is 223 g/mol. The van der Waals surface area contributed by atoms with Crippen LogP contribution in [0, 0.1) is 5.82 Å². The molecule has 1 rings (SSSR count). The Morgan fingerprint density at radius 3 is 2.69 bits per heavy atom. The lowest BCUT2D eigenvalue weighted by molar-refractivity contribution is -0.136. The molecular weight excluding hydrogens is 213 g/mol. The zero-order valence-corrected chi connectivity index (χ0v) is 8.31. The van der Waals surface area contributed by atoms with E-state index in [0.29, 0.717) is 5.56 Å². The highest BCUT2D eigenvalue weighted by atomic mass is 19.1. The molecule has 0 unspecified atom stereocenters. The summed E-state index contributed by atoms with van der Waals surface area (Å²) in [5.41, 5.74) is 5.49. The summed E-state index contributed by atoms with van der Waals surface area (Å²) in [6.45, 7) is 0. The van der Waals surface area contributed by atoms with E-state index in [2.05, 4.69) is 0 Å². The van der Waals surface area contributed by atoms with Gasteiger partial charge in [0.25, 0.3) is 0 Å². The average Bonchev–Trinajstić information content (AvgIpc) is 2.18. The molecule has 0 bridgehead atoms. The number of amides is 1. The van der Waals surface area contributed by atoms with Crippen molar-refractivity contribution < 1.29 is 19.1 Å². The molecule has 0 aliphatic carbocycles. The molecule has 1 aromatic rings. The molecule has 0 aromatic heterocycles. The van der Waals surface area contributed by atoms with Crippen LogP contribution in [0.25, 0.3) is 6.08 Å². The first-order chi connectivity index (χ1) is 7.49. The summed E-state index contributed by atoms with van der Waals surface area (Å²) >= 11 is 0. The fourth-order valence-electron chi connectivity index (χ4n) is 1.18. The zero-order valence-electron chi connectivity index (χ0n) is 8.31. The normalized spacial score (nSPS) is 10.6. The van der Waals surface area contributed by atoms with Gasteiger partial charge in [-0.25, -0.2) is 4.39 Å². The van der Waals surface area contributed by atoms with Gasteiger partial charge in [0.2, 0.25) is 5.91 Å². The molecule has 0 saturated carbocycles. The lowest BCUT2D eigenvalue weighted by Crippen LogP contribution is -2.05. The maximum Gasteiger partial charge on any atom is 0.307 e. The second-order valence-electron chi connectivity index (χ2n) is 3.16. The molecule has 4 nitrogen and oxygen atoms in total. The second-order valence-corrected chi connectivity index (χ2v) is 3.16. The first-order valence-corrected chi connectivity index (χ1v) is 4.47. The largest absolute Gasteiger partial charge is 0.481 e. The van der Waals surface area contributed by atoms with Crippen LogP contribution in [0.4, 0.5) is 4.39 Å². The van der Waals surface area contributed by atoms with Gasteiger partial charge < -0.3 is 10.8 Å². The minimum Gasteiger partial charge on any atom is -0.481 e. The number of carbonyl (C=O) groups is 2. The molecule has 0 saturated heterocycles. The molecule has 3 N–H and O–H groups in total. The summed E-state index contributed by atoms with van der Waals surface area (Å²) in [5.74, 6) is -2.32. The number of carboxylic acid groups (broad SMARTS) is 1. The van der Waals surface area contributed by atoms with Gasteiger partial charge in [-0.1, -0.05) is 6.07 Å². The fraction of sp³-hybridized carbons (Fsp3) is 0.0909. The van der Waals surface area contributed by atoms with Crippen LogP contribution in [-0.4, -0.2) is 17.0 Å². The SMILES string of the molecule is NC(=O)C=Cc1ccc(F)c(CC(=O)O)c1. The van der Waals surface area contributed by atoms with Crippen molar-refractivity contribution in [1.29, 1.82) is 0 Å². The minimum absolute atomic E-state index is 0.0686. The summed E-state index contributed by atoms with van der Waals surface area (Å²) in [6, 6.07) is 3.95. The standard InChI is InChI=1S/C11H10FNO3/c12-9-3-1-7(2-4-10(13)14)5-8(9)6-11(15)16/h1-5H,6H2,(H2,13,14)(H,15,16). The first kappa shape index (κ1) is 11.9. The molecule has 0 aliphatic heterocycles. The Bertz CT molecular complexity index is 455. The van der Waals surface area contributed by atoms with Crippen LogP contribution in [0.3, 0.4) is 0 Å². The molecule has 0 spiro atoms. The lowest BCUT2D eigenvalue weighted by atomic mass is 10.1. The number of aliphatic carboxylic acids is 1. The van der Waals surface area contributed by atoms with Crippen molar-refractivity contribution in [2.45, 2.75) is 6.42 Å². The van der Waals surface area contributed by atoms with Gasteiger partial charge in [-0.05, 0) is 29.3 Å². The van der Waals surface area contributed by atoms with E-state index in [1.165, 1.54) is 18.2 Å². The number of carboxylic acids is 1. The van der Waals surface area contributed by atoms with Crippen LogP contribution in [0.1, 0.15) is 11.1 Å². The topological polar surface area (TPSA) is 80.4 Å². The van der Waals surface area contributed by atoms with Crippen molar-refractivity contribution in [3.8, 4) is 0 Å². The summed E-state index contributed by atoms with van der Waals surface area (Å²) in [6.07, 6.45) is 2.12. The maximum absolute atomic E-state index is 13.1. The molecule has 1 amide bonds. The molecule has 0 aliphatic rings. The molecular formula is C11H10FNO3. The van der Waals surface area contributed by atoms with E-state index < -0.39 is 24.1 Å². The highest BCUT2D eigenvalue weighted by Gasteiger charge is 2.06. The van der Waals surface area contributed by atoms with Gasteiger partial charge in [0.1, 0.15) is 5.82 Å². The third kappa shape index (κ3) is 3.53. The Morgan fingerprint density at radius 2 is 2.12 bits per heavy atom. The first-order valence-electron chi connectivity index (χ1n) is 4.47. The molecule has 0 radical (unpaired) electrons. The van der Waals surface area contributed by atoms with Crippen LogP contribution in [0.15, 0.2) is 24.3 Å². The van der Waals surface area contributed by atoms with Gasteiger partial charge in [-0.15, -0.1) is 0 Å². The van der Waals surface area contributed by atoms with Gasteiger partial charge in [0.05, 0.1) is 6.42 Å². The lowest BCUT2D eigenvalue weighted by Gasteiger charge is -2.01. The average molecular weight is 223 g/mol. The van der Waals surface area contributed by atoms with Crippen molar-refractivity contribution in [1.82, 2.24) is 0 Å². The van der Waals surface area contributed by atoms with Crippen LogP contribution < -0.4 is 5.73 Å². The summed E-state index contributed by atoms with van der Waals surface area (Å²) in [4.78, 5) is 20.9. The van der Waals surface area contributed by atoms with Crippen LogP contribution in [-0.2, 0) is 16.0 Å². The smallest absolute Gasteiger partial charge is 0.307 e. The van der Waals surface area contributed by atoms with E-state index in [1.54, 1.807) is 0 Å². The molecule has 84 valence electrons. The third-order valence-corrected chi connectivity index (χ3v) is 1.85. The maximum atomic E-state index is 13.1. The fourth-order valence-corrected chi connectivity index (χ4v) is 1.18. The molecule has 0 heterocycles. The van der Waals surface area contributed by atoms with E-state index in [4.69, 9.17) is 10.8 Å². The Hall–Kier alpha value is -2.17. The van der Waals surface area contributed by atoms with Crippen LogP contribution in [0.2, 0.25) is 0 Å². The number of benzene rings is 1. The predicted octanol–water partition coefficient (Wildman–Crippen LogP) is 0.951. The van der Waals surface area contributed by atoms with Gasteiger partial charge in [0.15, 0.2) is 0 Å². The molecule has 0 fully saturated rings. The zero-order chi connectivity index (χ0) is 12.1. The van der Waals surface area contributed by atoms with Gasteiger partial charge >= 0.3 is 5.97 Å².